The second-order valence-electron chi connectivity index (χ2n) is 8.44. The third kappa shape index (κ3) is 8.81. The average molecular weight is 393 g/mol. The van der Waals surface area contributed by atoms with E-state index in [1.165, 1.54) is 77.0 Å². The van der Waals surface area contributed by atoms with Crippen LogP contribution >= 0.6 is 0 Å². The highest BCUT2D eigenvalue weighted by Gasteiger charge is 2.41. The molecule has 0 aliphatic carbocycles. The van der Waals surface area contributed by atoms with Crippen molar-refractivity contribution < 1.29 is 9.28 Å². The Labute approximate surface area is 174 Å². The summed E-state index contributed by atoms with van der Waals surface area (Å²) < 4.78 is 0.812. The number of hydrogen-bond acceptors (Lipinski definition) is 2. The molecule has 0 spiro atoms. The van der Waals surface area contributed by atoms with E-state index in [1.54, 1.807) is 6.92 Å². The highest BCUT2D eigenvalue weighted by atomic mass is 16.1. The molecule has 0 fully saturated rings. The molecule has 0 saturated heterocycles. The summed E-state index contributed by atoms with van der Waals surface area (Å²) in [5.74, 6) is 0.0502. The third-order valence-electron chi connectivity index (χ3n) is 6.29. The van der Waals surface area contributed by atoms with Crippen molar-refractivity contribution >= 4 is 5.91 Å². The van der Waals surface area contributed by atoms with Gasteiger partial charge in [0.15, 0.2) is 12.3 Å². The number of nitrogens with zero attached hydrogens (tertiary/aromatic N) is 1. The van der Waals surface area contributed by atoms with E-state index in [1.807, 2.05) is 6.08 Å². The topological polar surface area (TPSA) is 41.1 Å². The number of carbonyl (C=O) groups excluding carboxylic acids is 1. The molecule has 0 radical (unpaired) electrons. The molecule has 0 saturated carbocycles. The summed E-state index contributed by atoms with van der Waals surface area (Å²) in [7, 11) is 0. The van der Waals surface area contributed by atoms with Gasteiger partial charge in [0.05, 0.1) is 12.7 Å². The van der Waals surface area contributed by atoms with E-state index in [-0.39, 0.29) is 12.1 Å². The van der Waals surface area contributed by atoms with Crippen LogP contribution in [0.15, 0.2) is 25.1 Å². The lowest BCUT2D eigenvalue weighted by Gasteiger charge is -2.41. The predicted octanol–water partition coefficient (Wildman–Crippen LogP) is 5.96. The Bertz CT molecular complexity index is 463. The molecule has 0 aromatic rings. The fraction of sp³-hybridized carbons (Fsp3) is 0.792. The minimum Gasteiger partial charge on any atom is -0.338 e. The molecular formula is C24H46N3O+. The number of carbonyl (C=O) groups is 1. The number of rotatable bonds is 17. The number of quaternary nitrogens is 1. The fourth-order valence-electron chi connectivity index (χ4n) is 4.49. The van der Waals surface area contributed by atoms with Gasteiger partial charge < -0.3 is 10.6 Å². The van der Waals surface area contributed by atoms with Gasteiger partial charge in [0.2, 0.25) is 5.91 Å². The Kier molecular flexibility index (Phi) is 13.0. The molecule has 1 amide bonds. The van der Waals surface area contributed by atoms with Crippen molar-refractivity contribution in [2.45, 2.75) is 117 Å². The van der Waals surface area contributed by atoms with Crippen molar-refractivity contribution in [3.05, 3.63) is 25.1 Å². The van der Waals surface area contributed by atoms with Crippen LogP contribution in [0.4, 0.5) is 0 Å². The minimum absolute atomic E-state index is 0.0502. The second kappa shape index (κ2) is 14.7. The lowest BCUT2D eigenvalue weighted by atomic mass is 10.0. The van der Waals surface area contributed by atoms with Crippen molar-refractivity contribution in [2.75, 3.05) is 6.54 Å². The first kappa shape index (κ1) is 24.7. The van der Waals surface area contributed by atoms with Gasteiger partial charge in [0, 0.05) is 20.3 Å². The van der Waals surface area contributed by atoms with Crippen LogP contribution in [-0.4, -0.2) is 29.3 Å². The summed E-state index contributed by atoms with van der Waals surface area (Å²) in [6.45, 7) is 10.7. The molecule has 3 atom stereocenters. The summed E-state index contributed by atoms with van der Waals surface area (Å²) in [4.78, 5) is 11.5. The lowest BCUT2D eigenvalue weighted by molar-refractivity contribution is -0.923. The molecule has 3 unspecified atom stereocenters. The Morgan fingerprint density at radius 3 is 2.11 bits per heavy atom. The molecule has 0 bridgehead atoms. The van der Waals surface area contributed by atoms with Crippen LogP contribution in [0.3, 0.4) is 0 Å². The van der Waals surface area contributed by atoms with E-state index in [2.05, 4.69) is 43.5 Å². The van der Waals surface area contributed by atoms with Gasteiger partial charge >= 0.3 is 0 Å². The van der Waals surface area contributed by atoms with E-state index in [0.717, 1.165) is 17.4 Å². The zero-order chi connectivity index (χ0) is 20.7. The van der Waals surface area contributed by atoms with Crippen LogP contribution in [-0.2, 0) is 4.79 Å². The van der Waals surface area contributed by atoms with Gasteiger partial charge in [-0.15, -0.1) is 6.58 Å². The van der Waals surface area contributed by atoms with Gasteiger partial charge in [-0.3, -0.25) is 9.28 Å². The van der Waals surface area contributed by atoms with Gasteiger partial charge in [-0.05, 0) is 26.2 Å². The second-order valence-corrected chi connectivity index (χ2v) is 8.44. The molecular weight excluding hydrogens is 346 g/mol. The lowest BCUT2D eigenvalue weighted by Crippen LogP contribution is -2.62. The van der Waals surface area contributed by atoms with Crippen LogP contribution < -0.4 is 10.6 Å². The first-order chi connectivity index (χ1) is 13.6. The van der Waals surface area contributed by atoms with Crippen molar-refractivity contribution in [3.8, 4) is 0 Å². The summed E-state index contributed by atoms with van der Waals surface area (Å²) in [6, 6.07) is 0. The standard InChI is InChI=1S/C24H45N3O/c1-5-7-8-9-10-11-12-13-14-15-16-17-18-19-24-25-20-21-27(24,6-2)22(3)26-23(4)28/h5,20-22,24-25H,1,6-19H2,2-4H3/p+1. The number of hydrogen-bond donors (Lipinski definition) is 2. The first-order valence-corrected chi connectivity index (χ1v) is 11.8. The third-order valence-corrected chi connectivity index (χ3v) is 6.29. The number of nitrogens with one attached hydrogen (secondary N) is 2. The maximum absolute atomic E-state index is 11.5. The zero-order valence-corrected chi connectivity index (χ0v) is 18.8. The van der Waals surface area contributed by atoms with Crippen LogP contribution in [0.1, 0.15) is 104 Å². The summed E-state index contributed by atoms with van der Waals surface area (Å²) in [5.41, 5.74) is 0. The Morgan fingerprint density at radius 2 is 1.61 bits per heavy atom. The van der Waals surface area contributed by atoms with E-state index in [0.29, 0.717) is 6.17 Å². The van der Waals surface area contributed by atoms with Crippen molar-refractivity contribution in [1.29, 1.82) is 0 Å². The smallest absolute Gasteiger partial charge is 0.221 e. The molecule has 0 aromatic carbocycles. The zero-order valence-electron chi connectivity index (χ0n) is 18.8. The molecule has 2 N–H and O–H groups in total. The Morgan fingerprint density at radius 1 is 1.07 bits per heavy atom. The maximum atomic E-state index is 11.5. The van der Waals surface area contributed by atoms with Crippen molar-refractivity contribution in [2.24, 2.45) is 0 Å². The van der Waals surface area contributed by atoms with Gasteiger partial charge in [-0.2, -0.15) is 0 Å². The van der Waals surface area contributed by atoms with Gasteiger partial charge in [-0.1, -0.05) is 63.9 Å². The summed E-state index contributed by atoms with van der Waals surface area (Å²) >= 11 is 0. The molecule has 4 nitrogen and oxygen atoms in total. The van der Waals surface area contributed by atoms with Crippen LogP contribution in [0, 0.1) is 0 Å². The van der Waals surface area contributed by atoms with Crippen LogP contribution in [0.2, 0.25) is 0 Å². The SMILES string of the molecule is C=CCCCCCCCCCCCCCC1NC=C[N+]1(CC)C(C)NC(C)=O. The van der Waals surface area contributed by atoms with E-state index >= 15 is 0 Å². The monoisotopic (exact) mass is 392 g/mol. The minimum atomic E-state index is 0.0502. The molecule has 0 aromatic heterocycles. The number of amides is 1. The van der Waals surface area contributed by atoms with Gasteiger partial charge in [0.1, 0.15) is 6.20 Å². The predicted molar refractivity (Wildman–Crippen MR) is 120 cm³/mol. The largest absolute Gasteiger partial charge is 0.338 e. The summed E-state index contributed by atoms with van der Waals surface area (Å²) in [6.07, 6.45) is 24.2. The first-order valence-electron chi connectivity index (χ1n) is 11.8. The number of allylic oxidation sites excluding steroid dienone is 1. The molecule has 1 rings (SSSR count). The van der Waals surface area contributed by atoms with E-state index in [9.17, 15) is 4.79 Å². The fourth-order valence-corrected chi connectivity index (χ4v) is 4.49. The molecule has 1 heterocycles. The molecule has 28 heavy (non-hydrogen) atoms. The normalized spacial score (nSPS) is 22.0. The van der Waals surface area contributed by atoms with E-state index < -0.39 is 0 Å². The van der Waals surface area contributed by atoms with Crippen LogP contribution in [0.5, 0.6) is 0 Å². The Balaban J connectivity index is 2.09. The van der Waals surface area contributed by atoms with Gasteiger partial charge in [-0.25, -0.2) is 0 Å². The maximum Gasteiger partial charge on any atom is 0.221 e. The van der Waals surface area contributed by atoms with Crippen LogP contribution in [0.25, 0.3) is 0 Å². The van der Waals surface area contributed by atoms with Crippen molar-refractivity contribution in [3.63, 3.8) is 0 Å². The van der Waals surface area contributed by atoms with Crippen molar-refractivity contribution in [1.82, 2.24) is 10.6 Å². The quantitative estimate of drug-likeness (QED) is 0.182. The van der Waals surface area contributed by atoms with Gasteiger partial charge in [0.25, 0.3) is 0 Å². The van der Waals surface area contributed by atoms with E-state index in [4.69, 9.17) is 0 Å². The molecule has 1 aliphatic rings. The highest BCUT2D eigenvalue weighted by Crippen LogP contribution is 2.26. The number of unbranched alkanes of at least 4 members (excludes halogenated alkanes) is 11. The molecule has 1 aliphatic heterocycles. The highest BCUT2D eigenvalue weighted by molar-refractivity contribution is 5.72. The molecule has 4 heteroatoms. The molecule has 162 valence electrons. The average Bonchev–Trinajstić information content (AvgIpc) is 3.09. The Hall–Kier alpha value is -1.29. The summed E-state index contributed by atoms with van der Waals surface area (Å²) in [5, 5.41) is 6.62.